The molecule has 4 fully saturated rings. The number of rotatable bonds is 15. The molecule has 13 nitrogen and oxygen atoms in total. The first kappa shape index (κ1) is 39.0. The standard InChI is InChI=1S/C38H48ClN3O10S/c1-6-22-19-38(22,36(46)41-53(47,48)52-24-11-12-24)20-29(43)28-17-25(50-30-15-16-40-34-26(30)13-14-31(49-5)33(34)39)21-42(28)35(45)27(37(2,3)4)18-32(44)51-23-9-7-8-10-23/h6,13-16,22-25,27-28H,1,7-12,17-21H2,2-5H3,(H,41,46)/t22-,25-,27-,28+,38-/m1/s1. The van der Waals surface area contributed by atoms with E-state index in [9.17, 15) is 27.6 Å². The van der Waals surface area contributed by atoms with E-state index in [2.05, 4.69) is 11.6 Å². The Labute approximate surface area is 315 Å². The van der Waals surface area contributed by atoms with E-state index in [0.717, 1.165) is 25.7 Å². The van der Waals surface area contributed by atoms with E-state index in [4.69, 9.17) is 30.0 Å². The number of amides is 2. The number of fused-ring (bicyclic) bond motifs is 1. The molecule has 0 bridgehead atoms. The number of benzene rings is 1. The summed E-state index contributed by atoms with van der Waals surface area (Å²) in [6, 6.07) is 4.10. The molecule has 288 valence electrons. The lowest BCUT2D eigenvalue weighted by molar-refractivity contribution is -0.156. The lowest BCUT2D eigenvalue weighted by Gasteiger charge is -2.35. The van der Waals surface area contributed by atoms with Gasteiger partial charge in [0.1, 0.15) is 28.7 Å². The number of carbonyl (C=O) groups excluding carboxylic acids is 4. The van der Waals surface area contributed by atoms with Crippen LogP contribution in [0.1, 0.15) is 85.0 Å². The van der Waals surface area contributed by atoms with E-state index in [1.807, 2.05) is 25.5 Å². The van der Waals surface area contributed by atoms with Crippen LogP contribution in [0.2, 0.25) is 5.02 Å². The van der Waals surface area contributed by atoms with E-state index in [-0.39, 0.29) is 38.3 Å². The summed E-state index contributed by atoms with van der Waals surface area (Å²) in [5.74, 6) is -2.57. The smallest absolute Gasteiger partial charge is 0.362 e. The van der Waals surface area contributed by atoms with Gasteiger partial charge in [-0.1, -0.05) is 38.4 Å². The molecule has 53 heavy (non-hydrogen) atoms. The average molecular weight is 774 g/mol. The topological polar surface area (TPSA) is 168 Å². The van der Waals surface area contributed by atoms with Gasteiger partial charge >= 0.3 is 16.3 Å². The van der Waals surface area contributed by atoms with E-state index < -0.39 is 74.8 Å². The molecule has 15 heteroatoms. The lowest BCUT2D eigenvalue weighted by atomic mass is 9.77. The second kappa shape index (κ2) is 15.2. The number of esters is 1. The van der Waals surface area contributed by atoms with Gasteiger partial charge in [0.15, 0.2) is 5.78 Å². The first-order valence-electron chi connectivity index (χ1n) is 18.2. The van der Waals surface area contributed by atoms with Crippen LogP contribution in [0.15, 0.2) is 37.1 Å². The summed E-state index contributed by atoms with van der Waals surface area (Å²) >= 11 is 6.55. The molecule has 1 aromatic heterocycles. The molecular weight excluding hydrogens is 726 g/mol. The van der Waals surface area contributed by atoms with Crippen molar-refractivity contribution in [2.24, 2.45) is 22.7 Å². The number of nitrogens with one attached hydrogen (secondary N) is 1. The van der Waals surface area contributed by atoms with Gasteiger partial charge in [-0.3, -0.25) is 28.3 Å². The van der Waals surface area contributed by atoms with E-state index >= 15 is 0 Å². The molecule has 1 N–H and O–H groups in total. The molecule has 1 saturated heterocycles. The number of carbonyl (C=O) groups is 4. The summed E-state index contributed by atoms with van der Waals surface area (Å²) in [6.45, 7) is 9.40. The fourth-order valence-corrected chi connectivity index (χ4v) is 8.90. The Bertz CT molecular complexity index is 1890. The Morgan fingerprint density at radius 2 is 1.79 bits per heavy atom. The third-order valence-electron chi connectivity index (χ3n) is 10.9. The molecule has 2 heterocycles. The van der Waals surface area contributed by atoms with Crippen molar-refractivity contribution >= 4 is 56.4 Å². The highest BCUT2D eigenvalue weighted by atomic mass is 35.5. The van der Waals surface area contributed by atoms with Crippen molar-refractivity contribution in [3.05, 3.63) is 42.1 Å². The molecule has 2 amide bonds. The number of hydrogen-bond donors (Lipinski definition) is 1. The number of halogens is 1. The molecule has 3 aliphatic carbocycles. The summed E-state index contributed by atoms with van der Waals surface area (Å²) in [5.41, 5.74) is -1.61. The van der Waals surface area contributed by atoms with Crippen LogP contribution in [0, 0.1) is 22.7 Å². The maximum atomic E-state index is 14.6. The minimum atomic E-state index is -4.38. The highest BCUT2D eigenvalue weighted by molar-refractivity contribution is 7.85. The van der Waals surface area contributed by atoms with Gasteiger partial charge in [0, 0.05) is 24.4 Å². The van der Waals surface area contributed by atoms with Crippen molar-refractivity contribution in [2.45, 2.75) is 109 Å². The van der Waals surface area contributed by atoms with E-state index in [1.165, 1.54) is 18.1 Å². The number of aromatic nitrogens is 1. The van der Waals surface area contributed by atoms with Gasteiger partial charge < -0.3 is 19.1 Å². The van der Waals surface area contributed by atoms with Crippen LogP contribution < -0.4 is 14.2 Å². The number of ether oxygens (including phenoxy) is 3. The molecule has 1 aromatic carbocycles. The molecule has 0 spiro atoms. The van der Waals surface area contributed by atoms with Crippen molar-refractivity contribution < 1.29 is 46.0 Å². The maximum Gasteiger partial charge on any atom is 0.362 e. The van der Waals surface area contributed by atoms with Crippen molar-refractivity contribution in [3.63, 3.8) is 0 Å². The van der Waals surface area contributed by atoms with Crippen LogP contribution in [0.3, 0.4) is 0 Å². The second-order valence-electron chi connectivity index (χ2n) is 15.8. The molecule has 6 rings (SSSR count). The Morgan fingerprint density at radius 3 is 2.42 bits per heavy atom. The van der Waals surface area contributed by atoms with E-state index in [1.54, 1.807) is 24.4 Å². The van der Waals surface area contributed by atoms with Gasteiger partial charge in [0.05, 0.1) is 49.1 Å². The monoisotopic (exact) mass is 773 g/mol. The zero-order valence-corrected chi connectivity index (χ0v) is 32.2. The van der Waals surface area contributed by atoms with Gasteiger partial charge in [-0.05, 0) is 74.5 Å². The van der Waals surface area contributed by atoms with Crippen molar-refractivity contribution in [1.29, 1.82) is 0 Å². The molecule has 2 aromatic rings. The first-order valence-corrected chi connectivity index (χ1v) is 20.0. The summed E-state index contributed by atoms with van der Waals surface area (Å²) in [5, 5.41) is 0.906. The average Bonchev–Trinajstić information content (AvgIpc) is 3.92. The normalized spacial score (nSPS) is 25.2. The summed E-state index contributed by atoms with van der Waals surface area (Å²) in [7, 11) is -2.88. The van der Waals surface area contributed by atoms with Crippen molar-refractivity contribution in [3.8, 4) is 11.5 Å². The predicted molar refractivity (Wildman–Crippen MR) is 195 cm³/mol. The third-order valence-corrected chi connectivity index (χ3v) is 12.2. The maximum absolute atomic E-state index is 14.6. The van der Waals surface area contributed by atoms with Crippen LogP contribution >= 0.6 is 11.6 Å². The molecule has 4 aliphatic rings. The van der Waals surface area contributed by atoms with Crippen LogP contribution in [0.25, 0.3) is 10.9 Å². The second-order valence-corrected chi connectivity index (χ2v) is 17.5. The summed E-state index contributed by atoms with van der Waals surface area (Å²) < 4.78 is 49.8. The first-order chi connectivity index (χ1) is 25.0. The minimum Gasteiger partial charge on any atom is -0.495 e. The van der Waals surface area contributed by atoms with Gasteiger partial charge in [-0.2, -0.15) is 8.42 Å². The molecule has 0 radical (unpaired) electrons. The summed E-state index contributed by atoms with van der Waals surface area (Å²) in [4.78, 5) is 61.6. The number of Topliss-reactive ketones (excluding diaryl/α,β-unsaturated/α-hetero) is 1. The van der Waals surface area contributed by atoms with Gasteiger partial charge in [0.2, 0.25) is 11.8 Å². The number of methoxy groups -OCH3 is 1. The zero-order chi connectivity index (χ0) is 38.3. The Kier molecular flexibility index (Phi) is 11.2. The third kappa shape index (κ3) is 8.65. The number of ketones is 1. The Hall–Kier alpha value is -3.75. The van der Waals surface area contributed by atoms with Crippen LogP contribution in [-0.4, -0.2) is 79.9 Å². The molecule has 3 saturated carbocycles. The van der Waals surface area contributed by atoms with Gasteiger partial charge in [-0.15, -0.1) is 6.58 Å². The summed E-state index contributed by atoms with van der Waals surface area (Å²) in [6.07, 6.45) is 6.25. The predicted octanol–water partition coefficient (Wildman–Crippen LogP) is 5.47. The number of pyridine rings is 1. The molecular formula is C38H48ClN3O10S. The van der Waals surface area contributed by atoms with Gasteiger partial charge in [-0.25, -0.2) is 4.72 Å². The minimum absolute atomic E-state index is 0.0148. The van der Waals surface area contributed by atoms with Crippen LogP contribution in [-0.2, 0) is 38.4 Å². The Morgan fingerprint density at radius 1 is 1.08 bits per heavy atom. The molecule has 5 atom stereocenters. The van der Waals surface area contributed by atoms with Crippen LogP contribution in [0.5, 0.6) is 11.5 Å². The zero-order valence-electron chi connectivity index (χ0n) is 30.6. The Balaban J connectivity index is 1.27. The number of likely N-dealkylation sites (tertiary alicyclic amines) is 1. The molecule has 0 unspecified atom stereocenters. The number of allylic oxidation sites excluding steroid dienone is 1. The number of nitrogens with zero attached hydrogens (tertiary/aromatic N) is 2. The highest BCUT2D eigenvalue weighted by Crippen LogP contribution is 2.57. The van der Waals surface area contributed by atoms with E-state index in [0.29, 0.717) is 40.3 Å². The largest absolute Gasteiger partial charge is 0.495 e. The molecule has 1 aliphatic heterocycles. The SMILES string of the molecule is C=C[C@@H]1C[C@]1(CC(=O)[C@@H]1C[C@@H](Oc2ccnc3c(Cl)c(OC)ccc23)CN1C(=O)[C@@H](CC(=O)OC1CCCC1)C(C)(C)C)C(=O)NS(=O)(=O)OC1CC1. The fourth-order valence-electron chi connectivity index (χ4n) is 7.58. The van der Waals surface area contributed by atoms with Crippen molar-refractivity contribution in [2.75, 3.05) is 13.7 Å². The lowest BCUT2D eigenvalue weighted by Crippen LogP contribution is -2.48. The fraction of sp³-hybridized carbons (Fsp3) is 0.605. The van der Waals surface area contributed by atoms with Crippen molar-refractivity contribution in [1.82, 2.24) is 14.6 Å². The quantitative estimate of drug-likeness (QED) is 0.180. The van der Waals surface area contributed by atoms with Gasteiger partial charge in [0.25, 0.3) is 0 Å². The number of hydrogen-bond acceptors (Lipinski definition) is 11. The van der Waals surface area contributed by atoms with Crippen LogP contribution in [0.4, 0.5) is 0 Å². The highest BCUT2D eigenvalue weighted by Gasteiger charge is 2.61.